The summed E-state index contributed by atoms with van der Waals surface area (Å²) in [7, 11) is 0. The van der Waals surface area contributed by atoms with Gasteiger partial charge in [0.05, 0.1) is 17.8 Å². The lowest BCUT2D eigenvalue weighted by molar-refractivity contribution is -0.115. The first-order chi connectivity index (χ1) is 6.25. The largest absolute Gasteiger partial charge is 0.324 e. The van der Waals surface area contributed by atoms with Crippen LogP contribution in [0, 0.1) is 0 Å². The number of carbonyl (C=O) groups excluding carboxylic acids is 1. The van der Waals surface area contributed by atoms with E-state index in [0.717, 1.165) is 17.1 Å². The lowest BCUT2D eigenvalue weighted by atomic mass is 10.3. The number of nitrogens with zero attached hydrogens (tertiary/aromatic N) is 1. The molecule has 0 unspecified atom stereocenters. The number of para-hydroxylation sites is 2. The molecule has 1 aromatic carbocycles. The fourth-order valence-corrected chi connectivity index (χ4v) is 1.35. The third-order valence-corrected chi connectivity index (χ3v) is 1.91. The monoisotopic (exact) mass is 174 g/mol. The van der Waals surface area contributed by atoms with E-state index in [1.807, 2.05) is 31.2 Å². The molecule has 0 aromatic heterocycles. The number of hydrogen-bond acceptors (Lipinski definition) is 2. The summed E-state index contributed by atoms with van der Waals surface area (Å²) in [5.41, 5.74) is 2.48. The summed E-state index contributed by atoms with van der Waals surface area (Å²) < 4.78 is 0. The number of rotatable bonds is 0. The molecule has 1 heterocycles. The van der Waals surface area contributed by atoms with Crippen molar-refractivity contribution in [3.8, 4) is 0 Å². The summed E-state index contributed by atoms with van der Waals surface area (Å²) in [6.07, 6.45) is 0.384. The number of aliphatic imine (C=N–C) groups is 1. The lowest BCUT2D eigenvalue weighted by Gasteiger charge is -2.02. The van der Waals surface area contributed by atoms with E-state index in [9.17, 15) is 4.79 Å². The molecule has 0 bridgehead atoms. The number of anilines is 1. The lowest BCUT2D eigenvalue weighted by Crippen LogP contribution is -2.12. The number of hydrogen-bond donors (Lipinski definition) is 1. The van der Waals surface area contributed by atoms with Crippen molar-refractivity contribution in [2.45, 2.75) is 13.3 Å². The van der Waals surface area contributed by atoms with Crippen LogP contribution in [0.15, 0.2) is 29.3 Å². The average Bonchev–Trinajstić information content (AvgIpc) is 2.20. The Kier molecular flexibility index (Phi) is 1.85. The van der Waals surface area contributed by atoms with Crippen LogP contribution in [0.25, 0.3) is 0 Å². The van der Waals surface area contributed by atoms with Crippen LogP contribution in [0.3, 0.4) is 0 Å². The van der Waals surface area contributed by atoms with Gasteiger partial charge in [-0.2, -0.15) is 0 Å². The molecule has 1 aliphatic rings. The first kappa shape index (κ1) is 7.98. The van der Waals surface area contributed by atoms with Crippen molar-refractivity contribution in [3.05, 3.63) is 24.3 Å². The van der Waals surface area contributed by atoms with Crippen molar-refractivity contribution in [1.29, 1.82) is 0 Å². The van der Waals surface area contributed by atoms with E-state index in [1.165, 1.54) is 0 Å². The Balaban J connectivity index is 2.51. The van der Waals surface area contributed by atoms with Crippen molar-refractivity contribution in [1.82, 2.24) is 0 Å². The molecule has 1 amide bonds. The van der Waals surface area contributed by atoms with Gasteiger partial charge in [0, 0.05) is 5.71 Å². The molecule has 0 saturated carbocycles. The minimum Gasteiger partial charge on any atom is -0.324 e. The fraction of sp³-hybridized carbons (Fsp3) is 0.200. The van der Waals surface area contributed by atoms with Gasteiger partial charge in [0.15, 0.2) is 0 Å². The zero-order valence-corrected chi connectivity index (χ0v) is 7.37. The standard InChI is InChI=1S/C10H10N2O/c1-7-6-10(13)12-9-5-3-2-4-8(9)11-7/h2-5H,6H2,1H3,(H,12,13). The molecule has 0 spiro atoms. The van der Waals surface area contributed by atoms with Gasteiger partial charge >= 0.3 is 0 Å². The van der Waals surface area contributed by atoms with Crippen LogP contribution in [-0.4, -0.2) is 11.6 Å². The Morgan fingerprint density at radius 1 is 1.38 bits per heavy atom. The quantitative estimate of drug-likeness (QED) is 0.643. The van der Waals surface area contributed by atoms with E-state index >= 15 is 0 Å². The minimum absolute atomic E-state index is 0.00574. The predicted molar refractivity (Wildman–Crippen MR) is 52.5 cm³/mol. The highest BCUT2D eigenvalue weighted by molar-refractivity contribution is 6.09. The van der Waals surface area contributed by atoms with Crippen LogP contribution in [-0.2, 0) is 4.79 Å². The number of benzene rings is 1. The van der Waals surface area contributed by atoms with Crippen molar-refractivity contribution in [3.63, 3.8) is 0 Å². The van der Waals surface area contributed by atoms with Crippen LogP contribution < -0.4 is 5.32 Å². The van der Waals surface area contributed by atoms with Gasteiger partial charge in [-0.1, -0.05) is 12.1 Å². The highest BCUT2D eigenvalue weighted by atomic mass is 16.1. The highest BCUT2D eigenvalue weighted by Gasteiger charge is 2.11. The van der Waals surface area contributed by atoms with Crippen molar-refractivity contribution in [2.75, 3.05) is 5.32 Å². The Morgan fingerprint density at radius 2 is 2.15 bits per heavy atom. The molecule has 1 N–H and O–H groups in total. The molecule has 0 saturated heterocycles. The van der Waals surface area contributed by atoms with Gasteiger partial charge in [0.2, 0.25) is 5.91 Å². The van der Waals surface area contributed by atoms with Crippen LogP contribution >= 0.6 is 0 Å². The van der Waals surface area contributed by atoms with Gasteiger partial charge in [0.25, 0.3) is 0 Å². The first-order valence-corrected chi connectivity index (χ1v) is 4.19. The molecule has 13 heavy (non-hydrogen) atoms. The van der Waals surface area contributed by atoms with Crippen molar-refractivity contribution in [2.24, 2.45) is 4.99 Å². The van der Waals surface area contributed by atoms with Crippen molar-refractivity contribution >= 4 is 23.0 Å². The number of carbonyl (C=O) groups is 1. The van der Waals surface area contributed by atoms with Crippen LogP contribution in [0.1, 0.15) is 13.3 Å². The summed E-state index contributed by atoms with van der Waals surface area (Å²) in [4.78, 5) is 15.6. The van der Waals surface area contributed by atoms with Crippen LogP contribution in [0.4, 0.5) is 11.4 Å². The van der Waals surface area contributed by atoms with E-state index < -0.39 is 0 Å². The maximum Gasteiger partial charge on any atom is 0.230 e. The van der Waals surface area contributed by atoms with Crippen LogP contribution in [0.5, 0.6) is 0 Å². The predicted octanol–water partition coefficient (Wildman–Crippen LogP) is 2.12. The molecular weight excluding hydrogens is 164 g/mol. The van der Waals surface area contributed by atoms with Crippen LogP contribution in [0.2, 0.25) is 0 Å². The summed E-state index contributed by atoms with van der Waals surface area (Å²) in [5.74, 6) is 0.00574. The van der Waals surface area contributed by atoms with Gasteiger partial charge < -0.3 is 5.32 Å². The van der Waals surface area contributed by atoms with E-state index in [-0.39, 0.29) is 5.91 Å². The molecule has 0 radical (unpaired) electrons. The Morgan fingerprint density at radius 3 is 3.00 bits per heavy atom. The summed E-state index contributed by atoms with van der Waals surface area (Å²) in [5, 5.41) is 2.80. The molecule has 3 nitrogen and oxygen atoms in total. The maximum atomic E-state index is 11.3. The van der Waals surface area contributed by atoms with E-state index in [0.29, 0.717) is 6.42 Å². The number of fused-ring (bicyclic) bond motifs is 1. The molecule has 0 atom stereocenters. The Bertz CT molecular complexity index is 382. The third kappa shape index (κ3) is 1.59. The smallest absolute Gasteiger partial charge is 0.230 e. The first-order valence-electron chi connectivity index (χ1n) is 4.19. The van der Waals surface area contributed by atoms with Gasteiger partial charge in [0.1, 0.15) is 0 Å². The second-order valence-corrected chi connectivity index (χ2v) is 3.09. The number of nitrogens with one attached hydrogen (secondary N) is 1. The van der Waals surface area contributed by atoms with E-state index in [2.05, 4.69) is 10.3 Å². The second-order valence-electron chi connectivity index (χ2n) is 3.09. The molecular formula is C10H10N2O. The van der Waals surface area contributed by atoms with Gasteiger partial charge in [-0.3, -0.25) is 9.79 Å². The SMILES string of the molecule is CC1=Nc2ccccc2NC(=O)C1. The summed E-state index contributed by atoms with van der Waals surface area (Å²) in [6.45, 7) is 1.86. The molecule has 66 valence electrons. The Labute approximate surface area is 76.5 Å². The van der Waals surface area contributed by atoms with E-state index in [1.54, 1.807) is 0 Å². The Hall–Kier alpha value is -1.64. The zero-order chi connectivity index (χ0) is 9.26. The average molecular weight is 174 g/mol. The maximum absolute atomic E-state index is 11.3. The summed E-state index contributed by atoms with van der Waals surface area (Å²) >= 11 is 0. The van der Waals surface area contributed by atoms with Gasteiger partial charge in [-0.25, -0.2) is 0 Å². The fourth-order valence-electron chi connectivity index (χ4n) is 1.35. The molecule has 1 aromatic rings. The van der Waals surface area contributed by atoms with E-state index in [4.69, 9.17) is 0 Å². The topological polar surface area (TPSA) is 41.5 Å². The third-order valence-electron chi connectivity index (χ3n) is 1.91. The minimum atomic E-state index is 0.00574. The highest BCUT2D eigenvalue weighted by Crippen LogP contribution is 2.26. The molecule has 0 fully saturated rings. The number of amides is 1. The normalized spacial score (nSPS) is 15.5. The zero-order valence-electron chi connectivity index (χ0n) is 7.37. The molecule has 1 aliphatic heterocycles. The molecule has 2 rings (SSSR count). The van der Waals surface area contributed by atoms with Gasteiger partial charge in [-0.05, 0) is 19.1 Å². The van der Waals surface area contributed by atoms with Crippen molar-refractivity contribution < 1.29 is 4.79 Å². The summed E-state index contributed by atoms with van der Waals surface area (Å²) in [6, 6.07) is 7.54. The second kappa shape index (κ2) is 3.01. The van der Waals surface area contributed by atoms with Gasteiger partial charge in [-0.15, -0.1) is 0 Å². The molecule has 3 heteroatoms. The molecule has 0 aliphatic carbocycles.